The lowest BCUT2D eigenvalue weighted by molar-refractivity contribution is -0.108. The lowest BCUT2D eigenvalue weighted by Gasteiger charge is -2.21. The topological polar surface area (TPSA) is 26.3 Å². The summed E-state index contributed by atoms with van der Waals surface area (Å²) in [5.74, 6) is 0.967. The SMILES string of the molecule is CC(=O)S.CC(C)(C)c1ccccc1OSI. The summed E-state index contributed by atoms with van der Waals surface area (Å²) in [5, 5.41) is -0.139. The van der Waals surface area contributed by atoms with E-state index in [0.29, 0.717) is 0 Å². The second kappa shape index (κ2) is 8.26. The number of thiol groups is 1. The molecular formula is C12H17IO2S2. The highest BCUT2D eigenvalue weighted by molar-refractivity contribution is 14.2. The standard InChI is InChI=1S/C10H13IOS.C2H4OS/c1-10(2,3)8-6-4-5-7-9(8)12-13-11;1-2(3)4/h4-7H,1-3H3;1H3,(H,3,4). The molecule has 2 nitrogen and oxygen atoms in total. The normalized spacial score (nSPS) is 10.2. The number of carbonyl (C=O) groups excluding carboxylic acids is 1. The monoisotopic (exact) mass is 384 g/mol. The summed E-state index contributed by atoms with van der Waals surface area (Å²) in [6, 6.07) is 8.16. The fraction of sp³-hybridized carbons (Fsp3) is 0.417. The Morgan fingerprint density at radius 3 is 2.24 bits per heavy atom. The van der Waals surface area contributed by atoms with Gasteiger partial charge >= 0.3 is 0 Å². The minimum absolute atomic E-state index is 0.139. The van der Waals surface area contributed by atoms with Crippen molar-refractivity contribution >= 4 is 48.2 Å². The largest absolute Gasteiger partial charge is 0.415 e. The average Bonchev–Trinajstić information content (AvgIpc) is 2.16. The molecule has 0 radical (unpaired) electrons. The van der Waals surface area contributed by atoms with Crippen molar-refractivity contribution in [3.05, 3.63) is 29.8 Å². The van der Waals surface area contributed by atoms with Crippen LogP contribution in [0.5, 0.6) is 5.75 Å². The Morgan fingerprint density at radius 2 is 1.82 bits per heavy atom. The van der Waals surface area contributed by atoms with Gasteiger partial charge in [-0.25, -0.2) is 0 Å². The van der Waals surface area contributed by atoms with Crippen LogP contribution in [0.2, 0.25) is 0 Å². The van der Waals surface area contributed by atoms with E-state index in [1.54, 1.807) is 0 Å². The quantitative estimate of drug-likeness (QED) is 0.450. The molecule has 0 aliphatic carbocycles. The van der Waals surface area contributed by atoms with Crippen LogP contribution in [0.3, 0.4) is 0 Å². The maximum absolute atomic E-state index is 9.31. The van der Waals surface area contributed by atoms with E-state index < -0.39 is 0 Å². The number of rotatable bonds is 2. The molecule has 0 spiro atoms. The van der Waals surface area contributed by atoms with Gasteiger partial charge in [-0.15, -0.1) is 12.6 Å². The Morgan fingerprint density at radius 1 is 1.35 bits per heavy atom. The molecule has 5 heteroatoms. The molecule has 1 aromatic carbocycles. The van der Waals surface area contributed by atoms with E-state index in [1.807, 2.05) is 18.2 Å². The van der Waals surface area contributed by atoms with E-state index in [9.17, 15) is 4.79 Å². The van der Waals surface area contributed by atoms with Crippen LogP contribution in [-0.4, -0.2) is 5.12 Å². The minimum atomic E-state index is -0.139. The summed E-state index contributed by atoms with van der Waals surface area (Å²) >= 11 is 5.46. The van der Waals surface area contributed by atoms with E-state index in [2.05, 4.69) is 60.7 Å². The van der Waals surface area contributed by atoms with Gasteiger partial charge in [-0.05, 0) is 11.5 Å². The van der Waals surface area contributed by atoms with Crippen molar-refractivity contribution in [2.24, 2.45) is 0 Å². The maximum atomic E-state index is 9.31. The number of para-hydroxylation sites is 1. The molecule has 17 heavy (non-hydrogen) atoms. The summed E-state index contributed by atoms with van der Waals surface area (Å²) in [6.07, 6.45) is 0. The van der Waals surface area contributed by atoms with Gasteiger partial charge in [0, 0.05) is 33.7 Å². The third-order valence-electron chi connectivity index (χ3n) is 1.82. The van der Waals surface area contributed by atoms with Gasteiger partial charge in [0.15, 0.2) is 5.12 Å². The van der Waals surface area contributed by atoms with Gasteiger partial charge in [0.2, 0.25) is 0 Å². The lowest BCUT2D eigenvalue weighted by atomic mass is 9.86. The van der Waals surface area contributed by atoms with Crippen molar-refractivity contribution in [1.82, 2.24) is 0 Å². The molecule has 1 rings (SSSR count). The summed E-state index contributed by atoms with van der Waals surface area (Å²) < 4.78 is 5.47. The van der Waals surface area contributed by atoms with Gasteiger partial charge in [-0.3, -0.25) is 4.79 Å². The zero-order valence-corrected chi connectivity index (χ0v) is 14.2. The zero-order chi connectivity index (χ0) is 13.5. The molecule has 0 aliphatic rings. The van der Waals surface area contributed by atoms with E-state index in [1.165, 1.54) is 21.7 Å². The molecule has 0 unspecified atom stereocenters. The van der Waals surface area contributed by atoms with E-state index >= 15 is 0 Å². The molecular weight excluding hydrogens is 367 g/mol. The second-order valence-corrected chi connectivity index (χ2v) is 6.41. The fourth-order valence-corrected chi connectivity index (χ4v) is 1.99. The Balaban J connectivity index is 0.000000557. The van der Waals surface area contributed by atoms with E-state index in [0.717, 1.165) is 5.75 Å². The molecule has 0 aromatic heterocycles. The number of halogens is 1. The van der Waals surface area contributed by atoms with Crippen LogP contribution in [0.15, 0.2) is 24.3 Å². The van der Waals surface area contributed by atoms with Gasteiger partial charge in [0.1, 0.15) is 15.0 Å². The van der Waals surface area contributed by atoms with E-state index in [-0.39, 0.29) is 10.5 Å². The summed E-state index contributed by atoms with van der Waals surface area (Å²) in [7, 11) is 1.35. The van der Waals surface area contributed by atoms with Crippen LogP contribution in [0, 0.1) is 0 Å². The van der Waals surface area contributed by atoms with Gasteiger partial charge in [0.25, 0.3) is 0 Å². The van der Waals surface area contributed by atoms with Crippen LogP contribution in [0.1, 0.15) is 33.3 Å². The minimum Gasteiger partial charge on any atom is -0.415 e. The highest BCUT2D eigenvalue weighted by Crippen LogP contribution is 2.33. The predicted octanol–water partition coefficient (Wildman–Crippen LogP) is 4.82. The molecule has 0 N–H and O–H groups in total. The Hall–Kier alpha value is 0.120. The zero-order valence-electron chi connectivity index (χ0n) is 10.4. The van der Waals surface area contributed by atoms with Crippen molar-refractivity contribution in [3.63, 3.8) is 0 Å². The van der Waals surface area contributed by atoms with Gasteiger partial charge in [0.05, 0.1) is 0 Å². The predicted molar refractivity (Wildman–Crippen MR) is 87.0 cm³/mol. The van der Waals surface area contributed by atoms with Crippen molar-refractivity contribution < 1.29 is 8.98 Å². The maximum Gasteiger partial charge on any atom is 0.182 e. The molecule has 0 saturated heterocycles. The fourth-order valence-electron chi connectivity index (χ4n) is 1.19. The highest BCUT2D eigenvalue weighted by atomic mass is 127. The van der Waals surface area contributed by atoms with Crippen LogP contribution in [0.4, 0.5) is 0 Å². The van der Waals surface area contributed by atoms with Crippen molar-refractivity contribution in [2.45, 2.75) is 33.1 Å². The Labute approximate surface area is 125 Å². The summed E-state index contributed by atoms with van der Waals surface area (Å²) in [4.78, 5) is 9.31. The highest BCUT2D eigenvalue weighted by Gasteiger charge is 2.18. The summed E-state index contributed by atoms with van der Waals surface area (Å²) in [5.41, 5.74) is 1.39. The Kier molecular flexibility index (Phi) is 8.32. The molecule has 0 heterocycles. The molecule has 0 aliphatic heterocycles. The van der Waals surface area contributed by atoms with Crippen LogP contribution in [0.25, 0.3) is 0 Å². The molecule has 0 bridgehead atoms. The smallest absolute Gasteiger partial charge is 0.182 e. The average molecular weight is 384 g/mol. The van der Waals surface area contributed by atoms with Crippen molar-refractivity contribution in [2.75, 3.05) is 0 Å². The van der Waals surface area contributed by atoms with Crippen LogP contribution in [-0.2, 0) is 10.2 Å². The molecule has 96 valence electrons. The lowest BCUT2D eigenvalue weighted by Crippen LogP contribution is -2.11. The van der Waals surface area contributed by atoms with E-state index in [4.69, 9.17) is 4.18 Å². The summed E-state index contributed by atoms with van der Waals surface area (Å²) in [6.45, 7) is 7.95. The van der Waals surface area contributed by atoms with Gasteiger partial charge in [-0.1, -0.05) is 39.0 Å². The van der Waals surface area contributed by atoms with Gasteiger partial charge in [-0.2, -0.15) is 0 Å². The first-order valence-electron chi connectivity index (χ1n) is 5.03. The van der Waals surface area contributed by atoms with Crippen LogP contribution < -0.4 is 4.18 Å². The third-order valence-corrected chi connectivity index (χ3v) is 2.60. The van der Waals surface area contributed by atoms with Gasteiger partial charge < -0.3 is 4.18 Å². The molecule has 0 atom stereocenters. The first-order valence-corrected chi connectivity index (χ1v) is 8.76. The third kappa shape index (κ3) is 7.94. The first kappa shape index (κ1) is 17.1. The number of carbonyl (C=O) groups is 1. The first-order chi connectivity index (χ1) is 7.79. The van der Waals surface area contributed by atoms with Crippen molar-refractivity contribution in [3.8, 4) is 5.75 Å². The second-order valence-electron chi connectivity index (χ2n) is 4.41. The number of benzene rings is 1. The molecule has 1 aromatic rings. The van der Waals surface area contributed by atoms with Crippen molar-refractivity contribution in [1.29, 1.82) is 0 Å². The molecule has 0 fully saturated rings. The number of hydrogen-bond donors (Lipinski definition) is 1. The van der Waals surface area contributed by atoms with Crippen LogP contribution >= 0.6 is 43.0 Å². The Bertz CT molecular complexity index is 358. The molecule has 0 amide bonds. The molecule has 0 saturated carbocycles. The number of hydrogen-bond acceptors (Lipinski definition) is 3.